The molecule has 0 rings (SSSR count). The Kier molecular flexibility index (Phi) is 7.47. The van der Waals surface area contributed by atoms with Crippen molar-refractivity contribution < 1.29 is 9.53 Å². The van der Waals surface area contributed by atoms with Crippen molar-refractivity contribution in [2.75, 3.05) is 19.7 Å². The molecule has 1 amide bonds. The summed E-state index contributed by atoms with van der Waals surface area (Å²) >= 11 is 0. The lowest BCUT2D eigenvalue weighted by atomic mass is 10.6. The van der Waals surface area contributed by atoms with Gasteiger partial charge in [0.15, 0.2) is 0 Å². The molecule has 0 aliphatic carbocycles. The number of amides is 1. The second-order valence-corrected chi connectivity index (χ2v) is 2.00. The maximum Gasteiger partial charge on any atom is 0.407 e. The zero-order chi connectivity index (χ0) is 9.94. The second kappa shape index (κ2) is 8.51. The van der Waals surface area contributed by atoms with Gasteiger partial charge in [0.25, 0.3) is 0 Å². The van der Waals surface area contributed by atoms with E-state index < -0.39 is 6.09 Å². The minimum atomic E-state index is -0.430. The molecule has 0 aliphatic rings. The summed E-state index contributed by atoms with van der Waals surface area (Å²) in [7, 11) is 0. The van der Waals surface area contributed by atoms with Crippen molar-refractivity contribution in [1.29, 1.82) is 5.41 Å². The first-order valence-electron chi connectivity index (χ1n) is 3.96. The lowest BCUT2D eigenvalue weighted by Crippen LogP contribution is -2.30. The molecule has 3 N–H and O–H groups in total. The smallest absolute Gasteiger partial charge is 0.407 e. The van der Waals surface area contributed by atoms with Crippen LogP contribution in [0.1, 0.15) is 6.92 Å². The van der Waals surface area contributed by atoms with Crippen molar-refractivity contribution in [2.45, 2.75) is 6.92 Å². The van der Waals surface area contributed by atoms with Gasteiger partial charge in [-0.3, -0.25) is 0 Å². The molecule has 74 valence electrons. The van der Waals surface area contributed by atoms with Crippen molar-refractivity contribution in [2.24, 2.45) is 5.10 Å². The van der Waals surface area contributed by atoms with E-state index in [0.717, 1.165) is 6.21 Å². The van der Waals surface area contributed by atoms with Crippen LogP contribution in [0.5, 0.6) is 0 Å². The molecule has 13 heavy (non-hydrogen) atoms. The molecule has 0 radical (unpaired) electrons. The van der Waals surface area contributed by atoms with E-state index in [1.54, 1.807) is 6.92 Å². The highest BCUT2D eigenvalue weighted by molar-refractivity contribution is 6.14. The monoisotopic (exact) mass is 186 g/mol. The molecule has 0 aromatic heterocycles. The van der Waals surface area contributed by atoms with Crippen molar-refractivity contribution in [3.63, 3.8) is 0 Å². The van der Waals surface area contributed by atoms with E-state index in [-0.39, 0.29) is 0 Å². The molecule has 0 unspecified atom stereocenters. The number of carbonyl (C=O) groups is 1. The molecule has 0 fully saturated rings. The summed E-state index contributed by atoms with van der Waals surface area (Å²) in [5, 5.41) is 12.7. The van der Waals surface area contributed by atoms with Gasteiger partial charge < -0.3 is 20.9 Å². The Bertz CT molecular complexity index is 181. The van der Waals surface area contributed by atoms with Crippen LogP contribution in [-0.2, 0) is 4.74 Å². The van der Waals surface area contributed by atoms with Crippen molar-refractivity contribution >= 4 is 18.5 Å². The van der Waals surface area contributed by atoms with Crippen LogP contribution in [0.2, 0.25) is 0 Å². The summed E-state index contributed by atoms with van der Waals surface area (Å²) < 4.78 is 4.62. The van der Waals surface area contributed by atoms with Crippen LogP contribution in [0, 0.1) is 5.41 Å². The van der Waals surface area contributed by atoms with Gasteiger partial charge in [-0.25, -0.2) is 4.79 Å². The fraction of sp³-hybridized carbons (Fsp3) is 0.571. The number of carbonyl (C=O) groups excluding carboxylic acids is 1. The third kappa shape index (κ3) is 8.32. The quantitative estimate of drug-likeness (QED) is 0.309. The highest BCUT2D eigenvalue weighted by Crippen LogP contribution is 1.73. The molecule has 6 nitrogen and oxygen atoms in total. The molecule has 0 aliphatic heterocycles. The number of hydrazone groups is 1. The van der Waals surface area contributed by atoms with Gasteiger partial charge in [0, 0.05) is 12.8 Å². The molecule has 6 heteroatoms. The van der Waals surface area contributed by atoms with Gasteiger partial charge in [0.1, 0.15) is 0 Å². The van der Waals surface area contributed by atoms with E-state index in [2.05, 4.69) is 20.6 Å². The van der Waals surface area contributed by atoms with Crippen LogP contribution in [0.25, 0.3) is 0 Å². The Morgan fingerprint density at radius 3 is 3.00 bits per heavy atom. The third-order valence-electron chi connectivity index (χ3n) is 1.02. The number of nitrogens with one attached hydrogen (secondary N) is 3. The predicted molar refractivity (Wildman–Crippen MR) is 50.3 cm³/mol. The maximum absolute atomic E-state index is 10.7. The second-order valence-electron chi connectivity index (χ2n) is 2.00. The number of hydrogen-bond donors (Lipinski definition) is 3. The van der Waals surface area contributed by atoms with Gasteiger partial charge in [-0.15, -0.1) is 0 Å². The van der Waals surface area contributed by atoms with E-state index in [4.69, 9.17) is 5.41 Å². The number of nitrogens with zero attached hydrogens (tertiary/aromatic N) is 1. The summed E-state index contributed by atoms with van der Waals surface area (Å²) in [6.45, 7) is 3.05. The van der Waals surface area contributed by atoms with E-state index in [1.807, 2.05) is 0 Å². The van der Waals surface area contributed by atoms with E-state index in [0.29, 0.717) is 19.7 Å². The Hall–Kier alpha value is -1.59. The van der Waals surface area contributed by atoms with Gasteiger partial charge in [-0.05, 0) is 6.92 Å². The van der Waals surface area contributed by atoms with E-state index >= 15 is 0 Å². The summed E-state index contributed by atoms with van der Waals surface area (Å²) in [6.07, 6.45) is 1.94. The Morgan fingerprint density at radius 2 is 2.38 bits per heavy atom. The number of rotatable bonds is 6. The first-order valence-corrected chi connectivity index (χ1v) is 3.96. The van der Waals surface area contributed by atoms with Crippen LogP contribution in [-0.4, -0.2) is 38.2 Å². The average Bonchev–Trinajstić information content (AvgIpc) is 2.11. The largest absolute Gasteiger partial charge is 0.450 e. The fourth-order valence-electron chi connectivity index (χ4n) is 0.557. The van der Waals surface area contributed by atoms with Crippen LogP contribution >= 0.6 is 0 Å². The van der Waals surface area contributed by atoms with E-state index in [1.165, 1.54) is 6.21 Å². The molecule has 0 saturated heterocycles. The van der Waals surface area contributed by atoms with Gasteiger partial charge in [0.2, 0.25) is 0 Å². The van der Waals surface area contributed by atoms with Gasteiger partial charge in [-0.1, -0.05) is 0 Å². The van der Waals surface area contributed by atoms with Crippen LogP contribution in [0.15, 0.2) is 5.10 Å². The zero-order valence-corrected chi connectivity index (χ0v) is 7.54. The van der Waals surface area contributed by atoms with Gasteiger partial charge in [-0.2, -0.15) is 5.10 Å². The standard InChI is InChI=1S/C7H14N4O2/c1-2-13-7(12)9-5-6-11-10-4-3-8/h3-4,8,11H,2,5-6H2,1H3,(H,9,12)/b8-3?,10-4-. The van der Waals surface area contributed by atoms with Crippen molar-refractivity contribution in [1.82, 2.24) is 10.7 Å². The molecule has 0 heterocycles. The molecular formula is C7H14N4O2. The number of hydrogen-bond acceptors (Lipinski definition) is 5. The number of alkyl carbamates (subject to hydrolysis) is 1. The summed E-state index contributed by atoms with van der Waals surface area (Å²) in [4.78, 5) is 10.7. The van der Waals surface area contributed by atoms with Crippen LogP contribution in [0.3, 0.4) is 0 Å². The van der Waals surface area contributed by atoms with Crippen molar-refractivity contribution in [3.8, 4) is 0 Å². The summed E-state index contributed by atoms with van der Waals surface area (Å²) in [5.41, 5.74) is 2.63. The SMILES string of the molecule is CCOC(=O)NCCN/N=C\C=N. The van der Waals surface area contributed by atoms with Gasteiger partial charge in [0.05, 0.1) is 19.4 Å². The molecule has 0 bridgehead atoms. The highest BCUT2D eigenvalue weighted by Gasteiger charge is 1.96. The lowest BCUT2D eigenvalue weighted by molar-refractivity contribution is 0.152. The first kappa shape index (κ1) is 11.4. The predicted octanol–water partition coefficient (Wildman–Crippen LogP) is -0.0425. The minimum absolute atomic E-state index is 0.366. The molecular weight excluding hydrogens is 172 g/mol. The average molecular weight is 186 g/mol. The third-order valence-corrected chi connectivity index (χ3v) is 1.02. The van der Waals surface area contributed by atoms with E-state index in [9.17, 15) is 4.79 Å². The van der Waals surface area contributed by atoms with Crippen LogP contribution in [0.4, 0.5) is 4.79 Å². The molecule has 0 aromatic rings. The van der Waals surface area contributed by atoms with Crippen LogP contribution < -0.4 is 10.7 Å². The Morgan fingerprint density at radius 1 is 1.62 bits per heavy atom. The van der Waals surface area contributed by atoms with Crippen molar-refractivity contribution in [3.05, 3.63) is 0 Å². The number of ether oxygens (including phenoxy) is 1. The Labute approximate surface area is 76.9 Å². The highest BCUT2D eigenvalue weighted by atomic mass is 16.5. The molecule has 0 atom stereocenters. The molecule has 0 spiro atoms. The lowest BCUT2D eigenvalue weighted by Gasteiger charge is -2.03. The Balaban J connectivity index is 3.20. The van der Waals surface area contributed by atoms with Gasteiger partial charge >= 0.3 is 6.09 Å². The summed E-state index contributed by atoms with van der Waals surface area (Å²) in [5.74, 6) is 0. The maximum atomic E-state index is 10.7. The zero-order valence-electron chi connectivity index (χ0n) is 7.54. The fourth-order valence-corrected chi connectivity index (χ4v) is 0.557. The first-order chi connectivity index (χ1) is 6.31. The molecule has 0 aromatic carbocycles. The summed E-state index contributed by atoms with van der Waals surface area (Å²) in [6, 6.07) is 0. The minimum Gasteiger partial charge on any atom is -0.450 e. The normalized spacial score (nSPS) is 9.62. The molecule has 0 saturated carbocycles. The topological polar surface area (TPSA) is 86.6 Å².